The van der Waals surface area contributed by atoms with E-state index >= 15 is 0 Å². The van der Waals surface area contributed by atoms with Crippen molar-refractivity contribution in [2.24, 2.45) is 0 Å². The summed E-state index contributed by atoms with van der Waals surface area (Å²) in [6.45, 7) is 8.70. The molecule has 2 rings (SSSR count). The van der Waals surface area contributed by atoms with E-state index in [0.29, 0.717) is 11.4 Å². The van der Waals surface area contributed by atoms with Crippen LogP contribution in [0.5, 0.6) is 0 Å². The number of esters is 1. The first-order chi connectivity index (χ1) is 13.5. The standard InChI is InChI=1S/C22H26N2O5/c1-14-9-11-17(12-10-14)23-19(25)15(2)28-20(26)16-7-6-8-18(13-16)24-21(27)29-22(3,4)5/h6-13,15H,1-5H3,(H,23,25)(H,24,27)/t15-/m0/s1. The minimum atomic E-state index is -0.994. The van der Waals surface area contributed by atoms with E-state index < -0.39 is 29.7 Å². The van der Waals surface area contributed by atoms with Crippen molar-refractivity contribution in [2.75, 3.05) is 10.6 Å². The predicted molar refractivity (Wildman–Crippen MR) is 111 cm³/mol. The smallest absolute Gasteiger partial charge is 0.412 e. The van der Waals surface area contributed by atoms with Crippen LogP contribution in [0, 0.1) is 6.92 Å². The van der Waals surface area contributed by atoms with Gasteiger partial charge in [-0.25, -0.2) is 9.59 Å². The van der Waals surface area contributed by atoms with E-state index in [-0.39, 0.29) is 5.56 Å². The number of amides is 2. The molecule has 7 heteroatoms. The highest BCUT2D eigenvalue weighted by atomic mass is 16.6. The summed E-state index contributed by atoms with van der Waals surface area (Å²) >= 11 is 0. The van der Waals surface area contributed by atoms with Gasteiger partial charge in [-0.1, -0.05) is 23.8 Å². The molecule has 7 nitrogen and oxygen atoms in total. The summed E-state index contributed by atoms with van der Waals surface area (Å²) in [6, 6.07) is 13.5. The topological polar surface area (TPSA) is 93.7 Å². The third-order valence-electron chi connectivity index (χ3n) is 3.72. The molecule has 0 heterocycles. The van der Waals surface area contributed by atoms with Crippen LogP contribution in [0.25, 0.3) is 0 Å². The summed E-state index contributed by atoms with van der Waals surface area (Å²) in [5.74, 6) is -1.12. The Labute approximate surface area is 170 Å². The number of hydrogen-bond donors (Lipinski definition) is 2. The highest BCUT2D eigenvalue weighted by Crippen LogP contribution is 2.15. The van der Waals surface area contributed by atoms with Gasteiger partial charge in [0.25, 0.3) is 5.91 Å². The van der Waals surface area contributed by atoms with Crippen molar-refractivity contribution in [3.8, 4) is 0 Å². The maximum Gasteiger partial charge on any atom is 0.412 e. The van der Waals surface area contributed by atoms with Gasteiger partial charge in [0.15, 0.2) is 6.10 Å². The van der Waals surface area contributed by atoms with Gasteiger partial charge in [0, 0.05) is 11.4 Å². The Morgan fingerprint density at radius 3 is 2.21 bits per heavy atom. The van der Waals surface area contributed by atoms with Gasteiger partial charge in [-0.2, -0.15) is 0 Å². The average Bonchev–Trinajstić information content (AvgIpc) is 2.62. The Morgan fingerprint density at radius 1 is 0.931 bits per heavy atom. The van der Waals surface area contributed by atoms with E-state index in [1.165, 1.54) is 19.1 Å². The SMILES string of the molecule is Cc1ccc(NC(=O)[C@H](C)OC(=O)c2cccc(NC(=O)OC(C)(C)C)c2)cc1. The highest BCUT2D eigenvalue weighted by molar-refractivity contribution is 5.98. The molecule has 0 aliphatic carbocycles. The van der Waals surface area contributed by atoms with Crippen LogP contribution in [-0.4, -0.2) is 29.7 Å². The van der Waals surface area contributed by atoms with Gasteiger partial charge < -0.3 is 14.8 Å². The molecule has 0 radical (unpaired) electrons. The van der Waals surface area contributed by atoms with E-state index in [2.05, 4.69) is 10.6 Å². The normalized spacial score (nSPS) is 11.9. The Balaban J connectivity index is 1.96. The molecular formula is C22H26N2O5. The number of hydrogen-bond acceptors (Lipinski definition) is 5. The Morgan fingerprint density at radius 2 is 1.59 bits per heavy atom. The molecule has 0 unspecified atom stereocenters. The molecule has 2 amide bonds. The summed E-state index contributed by atoms with van der Waals surface area (Å²) in [4.78, 5) is 36.5. The first-order valence-corrected chi connectivity index (χ1v) is 9.22. The fourth-order valence-corrected chi connectivity index (χ4v) is 2.31. The minimum absolute atomic E-state index is 0.202. The van der Waals surface area contributed by atoms with Crippen molar-refractivity contribution in [3.05, 3.63) is 59.7 Å². The molecule has 29 heavy (non-hydrogen) atoms. The molecule has 0 aliphatic heterocycles. The summed E-state index contributed by atoms with van der Waals surface area (Å²) in [5.41, 5.74) is 1.63. The zero-order chi connectivity index (χ0) is 21.6. The molecule has 0 saturated heterocycles. The largest absolute Gasteiger partial charge is 0.449 e. The lowest BCUT2D eigenvalue weighted by Gasteiger charge is -2.19. The number of anilines is 2. The van der Waals surface area contributed by atoms with Crippen molar-refractivity contribution in [1.82, 2.24) is 0 Å². The number of nitrogens with one attached hydrogen (secondary N) is 2. The van der Waals surface area contributed by atoms with Crippen LogP contribution in [0.15, 0.2) is 48.5 Å². The molecule has 2 N–H and O–H groups in total. The van der Waals surface area contributed by atoms with E-state index in [1.54, 1.807) is 45.0 Å². The van der Waals surface area contributed by atoms with Crippen molar-refractivity contribution >= 4 is 29.3 Å². The van der Waals surface area contributed by atoms with Gasteiger partial charge in [0.05, 0.1) is 5.56 Å². The van der Waals surface area contributed by atoms with E-state index in [0.717, 1.165) is 5.56 Å². The Kier molecular flexibility index (Phi) is 6.98. The monoisotopic (exact) mass is 398 g/mol. The maximum absolute atomic E-state index is 12.4. The number of ether oxygens (including phenoxy) is 2. The molecule has 0 fully saturated rings. The van der Waals surface area contributed by atoms with Gasteiger partial charge >= 0.3 is 12.1 Å². The lowest BCUT2D eigenvalue weighted by molar-refractivity contribution is -0.123. The summed E-state index contributed by atoms with van der Waals surface area (Å²) in [7, 11) is 0. The van der Waals surface area contributed by atoms with E-state index in [9.17, 15) is 14.4 Å². The first-order valence-electron chi connectivity index (χ1n) is 9.22. The van der Waals surface area contributed by atoms with Gasteiger partial charge in [-0.05, 0) is 65.0 Å². The van der Waals surface area contributed by atoms with Gasteiger partial charge in [0.2, 0.25) is 0 Å². The molecule has 154 valence electrons. The lowest BCUT2D eigenvalue weighted by atomic mass is 10.2. The molecule has 2 aromatic rings. The van der Waals surface area contributed by atoms with Crippen molar-refractivity contribution in [2.45, 2.75) is 46.3 Å². The maximum atomic E-state index is 12.4. The van der Waals surface area contributed by atoms with Crippen LogP contribution in [0.4, 0.5) is 16.2 Å². The zero-order valence-corrected chi connectivity index (χ0v) is 17.2. The Bertz CT molecular complexity index is 885. The molecular weight excluding hydrogens is 372 g/mol. The lowest BCUT2D eigenvalue weighted by Crippen LogP contribution is -2.30. The molecule has 0 bridgehead atoms. The third-order valence-corrected chi connectivity index (χ3v) is 3.72. The number of rotatable bonds is 5. The van der Waals surface area contributed by atoms with Crippen molar-refractivity contribution < 1.29 is 23.9 Å². The summed E-state index contributed by atoms with van der Waals surface area (Å²) in [6.07, 6.45) is -1.62. The van der Waals surface area contributed by atoms with Crippen LogP contribution >= 0.6 is 0 Å². The fraction of sp³-hybridized carbons (Fsp3) is 0.318. The van der Waals surface area contributed by atoms with Crippen LogP contribution < -0.4 is 10.6 Å². The van der Waals surface area contributed by atoms with Gasteiger partial charge in [-0.15, -0.1) is 0 Å². The van der Waals surface area contributed by atoms with Crippen LogP contribution in [0.3, 0.4) is 0 Å². The van der Waals surface area contributed by atoms with E-state index in [4.69, 9.17) is 9.47 Å². The predicted octanol–water partition coefficient (Wildman–Crippen LogP) is 4.53. The van der Waals surface area contributed by atoms with Gasteiger partial charge in [0.1, 0.15) is 5.60 Å². The first kappa shape index (κ1) is 21.9. The molecule has 1 atom stereocenters. The number of carbonyl (C=O) groups excluding carboxylic acids is 3. The van der Waals surface area contributed by atoms with Gasteiger partial charge in [-0.3, -0.25) is 10.1 Å². The zero-order valence-electron chi connectivity index (χ0n) is 17.2. The number of aryl methyl sites for hydroxylation is 1. The van der Waals surface area contributed by atoms with Crippen molar-refractivity contribution in [1.29, 1.82) is 0 Å². The Hall–Kier alpha value is -3.35. The molecule has 0 spiro atoms. The highest BCUT2D eigenvalue weighted by Gasteiger charge is 2.20. The second-order valence-electron chi connectivity index (χ2n) is 7.61. The summed E-state index contributed by atoms with van der Waals surface area (Å²) < 4.78 is 10.4. The average molecular weight is 398 g/mol. The molecule has 0 saturated carbocycles. The van der Waals surface area contributed by atoms with E-state index in [1.807, 2.05) is 19.1 Å². The minimum Gasteiger partial charge on any atom is -0.449 e. The quantitative estimate of drug-likeness (QED) is 0.722. The van der Waals surface area contributed by atoms with Crippen LogP contribution in [0.1, 0.15) is 43.6 Å². The third kappa shape index (κ3) is 7.29. The number of carbonyl (C=O) groups is 3. The van der Waals surface area contributed by atoms with Crippen molar-refractivity contribution in [3.63, 3.8) is 0 Å². The van der Waals surface area contributed by atoms with Crippen LogP contribution in [-0.2, 0) is 14.3 Å². The molecule has 2 aromatic carbocycles. The molecule has 0 aliphatic rings. The molecule has 0 aromatic heterocycles. The summed E-state index contributed by atoms with van der Waals surface area (Å²) in [5, 5.41) is 5.25. The second kappa shape index (κ2) is 9.23. The number of benzene rings is 2. The van der Waals surface area contributed by atoms with Crippen LogP contribution in [0.2, 0.25) is 0 Å². The second-order valence-corrected chi connectivity index (χ2v) is 7.61. The fourth-order valence-electron chi connectivity index (χ4n) is 2.31.